The van der Waals surface area contributed by atoms with Crippen molar-refractivity contribution in [3.05, 3.63) is 94.5 Å². The molecule has 0 heterocycles. The molecular weight excluding hydrogens is 358 g/mol. The Morgan fingerprint density at radius 3 is 2.48 bits per heavy atom. The van der Waals surface area contributed by atoms with Crippen molar-refractivity contribution in [1.29, 1.82) is 5.26 Å². The predicted molar refractivity (Wildman–Crippen MR) is 109 cm³/mol. The Morgan fingerprint density at radius 1 is 1.00 bits per heavy atom. The van der Waals surface area contributed by atoms with Gasteiger partial charge in [-0.15, -0.1) is 0 Å². The van der Waals surface area contributed by atoms with Gasteiger partial charge in [-0.25, -0.2) is 0 Å². The summed E-state index contributed by atoms with van der Waals surface area (Å²) >= 11 is 6.16. The number of nitrogens with zero attached hydrogens (tertiary/aromatic N) is 1. The molecule has 0 aromatic heterocycles. The fourth-order valence-electron chi connectivity index (χ4n) is 2.59. The van der Waals surface area contributed by atoms with Crippen molar-refractivity contribution < 1.29 is 9.47 Å². The van der Waals surface area contributed by atoms with Gasteiger partial charge in [0.15, 0.2) is 0 Å². The minimum atomic E-state index is 0.385. The smallest absolute Gasteiger partial charge is 0.120 e. The van der Waals surface area contributed by atoms with Gasteiger partial charge in [0.25, 0.3) is 0 Å². The first-order chi connectivity index (χ1) is 13.2. The van der Waals surface area contributed by atoms with Crippen molar-refractivity contribution in [3.63, 3.8) is 0 Å². The Labute approximate surface area is 164 Å². The highest BCUT2D eigenvalue weighted by molar-refractivity contribution is 6.31. The van der Waals surface area contributed by atoms with Crippen LogP contribution in [0.2, 0.25) is 5.02 Å². The molecule has 0 aliphatic rings. The summed E-state index contributed by atoms with van der Waals surface area (Å²) in [5.74, 6) is 1.47. The fraction of sp³-hybridized carbons (Fsp3) is 0.0870. The second-order valence-corrected chi connectivity index (χ2v) is 6.26. The Hall–Kier alpha value is -3.22. The third-order valence-electron chi connectivity index (χ3n) is 4.04. The second-order valence-electron chi connectivity index (χ2n) is 5.85. The van der Waals surface area contributed by atoms with E-state index in [-0.39, 0.29) is 0 Å². The molecule has 0 N–H and O–H groups in total. The first-order valence-electron chi connectivity index (χ1n) is 8.42. The first-order valence-corrected chi connectivity index (χ1v) is 8.80. The molecule has 3 nitrogen and oxygen atoms in total. The Kier molecular flexibility index (Phi) is 6.14. The van der Waals surface area contributed by atoms with E-state index < -0.39 is 0 Å². The average molecular weight is 376 g/mol. The molecule has 0 radical (unpaired) electrons. The normalized spacial score (nSPS) is 10.9. The van der Waals surface area contributed by atoms with Crippen LogP contribution in [-0.4, -0.2) is 7.11 Å². The van der Waals surface area contributed by atoms with Crippen LogP contribution in [0.1, 0.15) is 16.7 Å². The lowest BCUT2D eigenvalue weighted by molar-refractivity contribution is 0.306. The van der Waals surface area contributed by atoms with Gasteiger partial charge < -0.3 is 9.47 Å². The Balaban J connectivity index is 1.78. The van der Waals surface area contributed by atoms with Crippen LogP contribution in [0.4, 0.5) is 0 Å². The number of ether oxygens (including phenoxy) is 2. The Bertz CT molecular complexity index is 988. The molecule has 3 rings (SSSR count). The minimum Gasteiger partial charge on any atom is -0.497 e. The van der Waals surface area contributed by atoms with Crippen LogP contribution in [0.15, 0.2) is 72.8 Å². The molecule has 0 amide bonds. The lowest BCUT2D eigenvalue weighted by Crippen LogP contribution is -1.96. The number of nitriles is 1. The van der Waals surface area contributed by atoms with Crippen molar-refractivity contribution >= 4 is 23.3 Å². The molecule has 0 atom stereocenters. The van der Waals surface area contributed by atoms with Gasteiger partial charge in [-0.05, 0) is 59.7 Å². The molecule has 0 unspecified atom stereocenters. The molecule has 0 aliphatic carbocycles. The monoisotopic (exact) mass is 375 g/mol. The van der Waals surface area contributed by atoms with E-state index in [4.69, 9.17) is 21.1 Å². The van der Waals surface area contributed by atoms with E-state index in [0.717, 1.165) is 28.2 Å². The maximum absolute atomic E-state index is 9.52. The molecule has 0 saturated carbocycles. The molecule has 27 heavy (non-hydrogen) atoms. The van der Waals surface area contributed by atoms with Crippen molar-refractivity contribution in [2.24, 2.45) is 0 Å². The average Bonchev–Trinajstić information content (AvgIpc) is 2.72. The summed E-state index contributed by atoms with van der Waals surface area (Å²) in [6.07, 6.45) is 1.84. The van der Waals surface area contributed by atoms with Crippen LogP contribution in [-0.2, 0) is 6.61 Å². The van der Waals surface area contributed by atoms with E-state index in [0.29, 0.717) is 17.2 Å². The second kappa shape index (κ2) is 8.93. The number of methoxy groups -OCH3 is 1. The van der Waals surface area contributed by atoms with Gasteiger partial charge in [-0.3, -0.25) is 0 Å². The summed E-state index contributed by atoms with van der Waals surface area (Å²) in [6.45, 7) is 0.385. The molecule has 134 valence electrons. The molecule has 3 aromatic rings. The summed E-state index contributed by atoms with van der Waals surface area (Å²) in [4.78, 5) is 0. The first kappa shape index (κ1) is 18.6. The van der Waals surface area contributed by atoms with Crippen LogP contribution in [0.3, 0.4) is 0 Å². The highest BCUT2D eigenvalue weighted by Gasteiger charge is 2.04. The van der Waals surface area contributed by atoms with E-state index in [1.165, 1.54) is 0 Å². The standard InChI is InChI=1S/C23H18ClNO2/c1-26-21-11-9-18(10-12-21)20(15-25)13-17-5-4-7-22(14-17)27-16-19-6-2-3-8-23(19)24/h2-14H,16H2,1H3/b20-13+. The SMILES string of the molecule is COc1ccc(/C(C#N)=C/c2cccc(OCc3ccccc3Cl)c2)cc1. The highest BCUT2D eigenvalue weighted by atomic mass is 35.5. The van der Waals surface area contributed by atoms with Crippen LogP contribution in [0, 0.1) is 11.3 Å². The highest BCUT2D eigenvalue weighted by Crippen LogP contribution is 2.23. The summed E-state index contributed by atoms with van der Waals surface area (Å²) in [7, 11) is 1.62. The molecule has 0 fully saturated rings. The molecule has 4 heteroatoms. The van der Waals surface area contributed by atoms with Gasteiger partial charge in [0, 0.05) is 10.6 Å². The number of hydrogen-bond donors (Lipinski definition) is 0. The van der Waals surface area contributed by atoms with Crippen LogP contribution in [0.25, 0.3) is 11.6 Å². The van der Waals surface area contributed by atoms with Gasteiger partial charge in [0.1, 0.15) is 18.1 Å². The third-order valence-corrected chi connectivity index (χ3v) is 4.41. The lowest BCUT2D eigenvalue weighted by atomic mass is 10.0. The number of halogens is 1. The van der Waals surface area contributed by atoms with Crippen molar-refractivity contribution in [1.82, 2.24) is 0 Å². The topological polar surface area (TPSA) is 42.2 Å². The number of hydrogen-bond acceptors (Lipinski definition) is 3. The summed E-state index contributed by atoms with van der Waals surface area (Å²) in [5.41, 5.74) is 3.22. The van der Waals surface area contributed by atoms with Crippen molar-refractivity contribution in [2.75, 3.05) is 7.11 Å². The molecule has 0 bridgehead atoms. The van der Waals surface area contributed by atoms with Crippen molar-refractivity contribution in [3.8, 4) is 17.6 Å². The fourth-order valence-corrected chi connectivity index (χ4v) is 2.78. The van der Waals surface area contributed by atoms with E-state index in [1.54, 1.807) is 7.11 Å². The summed E-state index contributed by atoms with van der Waals surface area (Å²) in [5, 5.41) is 10.2. The van der Waals surface area contributed by atoms with E-state index in [2.05, 4.69) is 6.07 Å². The largest absolute Gasteiger partial charge is 0.497 e. The van der Waals surface area contributed by atoms with E-state index in [9.17, 15) is 5.26 Å². The number of benzene rings is 3. The maximum Gasteiger partial charge on any atom is 0.120 e. The zero-order valence-electron chi connectivity index (χ0n) is 14.9. The van der Waals surface area contributed by atoms with Gasteiger partial charge >= 0.3 is 0 Å². The third kappa shape index (κ3) is 4.91. The van der Waals surface area contributed by atoms with Gasteiger partial charge in [-0.1, -0.05) is 41.9 Å². The van der Waals surface area contributed by atoms with E-state index in [1.807, 2.05) is 78.9 Å². The molecule has 0 spiro atoms. The van der Waals surface area contributed by atoms with E-state index >= 15 is 0 Å². The van der Waals surface area contributed by atoms with Gasteiger partial charge in [-0.2, -0.15) is 5.26 Å². The summed E-state index contributed by atoms with van der Waals surface area (Å²) in [6, 6.07) is 24.9. The number of allylic oxidation sites excluding steroid dienone is 1. The number of rotatable bonds is 6. The molecule has 0 saturated heterocycles. The minimum absolute atomic E-state index is 0.385. The van der Waals surface area contributed by atoms with Gasteiger partial charge in [0.05, 0.1) is 18.8 Å². The van der Waals surface area contributed by atoms with Crippen molar-refractivity contribution in [2.45, 2.75) is 6.61 Å². The van der Waals surface area contributed by atoms with Crippen LogP contribution in [0.5, 0.6) is 11.5 Å². The lowest BCUT2D eigenvalue weighted by Gasteiger charge is -2.08. The van der Waals surface area contributed by atoms with Crippen LogP contribution >= 0.6 is 11.6 Å². The quantitative estimate of drug-likeness (QED) is 0.392. The molecular formula is C23H18ClNO2. The zero-order chi connectivity index (χ0) is 19.1. The Morgan fingerprint density at radius 2 is 1.78 bits per heavy atom. The predicted octanol–water partition coefficient (Wildman–Crippen LogP) is 5.99. The van der Waals surface area contributed by atoms with Crippen LogP contribution < -0.4 is 9.47 Å². The maximum atomic E-state index is 9.52. The summed E-state index contributed by atoms with van der Waals surface area (Å²) < 4.78 is 11.0. The van der Waals surface area contributed by atoms with Gasteiger partial charge in [0.2, 0.25) is 0 Å². The zero-order valence-corrected chi connectivity index (χ0v) is 15.6. The molecule has 0 aliphatic heterocycles. The molecule has 3 aromatic carbocycles.